The number of nitrogens with two attached hydrogens (primary N) is 1. The predicted molar refractivity (Wildman–Crippen MR) is 151 cm³/mol. The number of aldehydes is 1. The van der Waals surface area contributed by atoms with Crippen LogP contribution in [0.2, 0.25) is 0 Å². The SMILES string of the molecule is C=C.C=CC1CC1(N)S(C)(O)c1ccccc1NC.C=CCCCCCCCC=O.CCC. The first-order valence-electron chi connectivity index (χ1n) is 12.0. The molecule has 4 N–H and O–H groups in total. The minimum atomic E-state index is -2.03. The summed E-state index contributed by atoms with van der Waals surface area (Å²) in [7, 11) is -0.169. The predicted octanol–water partition coefficient (Wildman–Crippen LogP) is 8.18. The number of unbranched alkanes of at least 4 members (excludes halogenated alkanes) is 6. The van der Waals surface area contributed by atoms with Crippen molar-refractivity contribution in [2.24, 2.45) is 11.7 Å². The molecule has 0 radical (unpaired) electrons. The Morgan fingerprint density at radius 1 is 1.12 bits per heavy atom. The molecule has 0 saturated heterocycles. The van der Waals surface area contributed by atoms with Gasteiger partial charge in [0.05, 0.1) is 4.87 Å². The van der Waals surface area contributed by atoms with Gasteiger partial charge in [0.15, 0.2) is 0 Å². The summed E-state index contributed by atoms with van der Waals surface area (Å²) in [5, 5.41) is 3.11. The zero-order valence-corrected chi connectivity index (χ0v) is 22.5. The molecule has 3 unspecified atom stereocenters. The van der Waals surface area contributed by atoms with Gasteiger partial charge in [-0.05, 0) is 44.1 Å². The van der Waals surface area contributed by atoms with Crippen molar-refractivity contribution in [1.29, 1.82) is 0 Å². The van der Waals surface area contributed by atoms with E-state index in [4.69, 9.17) is 5.73 Å². The van der Waals surface area contributed by atoms with E-state index < -0.39 is 15.2 Å². The quantitative estimate of drug-likeness (QED) is 0.161. The molecule has 4 nitrogen and oxygen atoms in total. The van der Waals surface area contributed by atoms with Gasteiger partial charge in [-0.3, -0.25) is 0 Å². The molecule has 0 aliphatic heterocycles. The number of allylic oxidation sites excluding steroid dienone is 1. The third kappa shape index (κ3) is 11.7. The van der Waals surface area contributed by atoms with Gasteiger partial charge in [-0.1, -0.05) is 74.1 Å². The van der Waals surface area contributed by atoms with Crippen molar-refractivity contribution < 1.29 is 9.35 Å². The van der Waals surface area contributed by atoms with Crippen LogP contribution < -0.4 is 11.1 Å². The summed E-state index contributed by atoms with van der Waals surface area (Å²) >= 11 is 0. The first kappa shape index (κ1) is 33.4. The highest BCUT2D eigenvalue weighted by Gasteiger charge is 2.59. The lowest BCUT2D eigenvalue weighted by Gasteiger charge is -2.38. The molecule has 1 aromatic rings. The number of rotatable bonds is 12. The van der Waals surface area contributed by atoms with Gasteiger partial charge in [-0.2, -0.15) is 0 Å². The van der Waals surface area contributed by atoms with Gasteiger partial charge in [0.25, 0.3) is 0 Å². The lowest BCUT2D eigenvalue weighted by atomic mass is 10.1. The summed E-state index contributed by atoms with van der Waals surface area (Å²) < 4.78 is 10.9. The van der Waals surface area contributed by atoms with Gasteiger partial charge < -0.3 is 20.4 Å². The number of hydrogen-bond acceptors (Lipinski definition) is 4. The van der Waals surface area contributed by atoms with Crippen LogP contribution in [0.5, 0.6) is 0 Å². The maximum absolute atomic E-state index is 10.9. The summed E-state index contributed by atoms with van der Waals surface area (Å²) in [6, 6.07) is 7.80. The van der Waals surface area contributed by atoms with E-state index in [1.54, 1.807) is 0 Å². The number of carbonyl (C=O) groups excluding carboxylic acids is 1. The van der Waals surface area contributed by atoms with Crippen LogP contribution in [0.15, 0.2) is 67.6 Å². The second-order valence-electron chi connectivity index (χ2n) is 8.13. The first-order valence-corrected chi connectivity index (χ1v) is 14.0. The summed E-state index contributed by atoms with van der Waals surface area (Å²) in [5.74, 6) is 0.220. The van der Waals surface area contributed by atoms with Crippen LogP contribution in [0.3, 0.4) is 0 Å². The van der Waals surface area contributed by atoms with E-state index >= 15 is 0 Å². The molecule has 2 rings (SSSR count). The van der Waals surface area contributed by atoms with E-state index in [0.717, 1.165) is 42.6 Å². The Morgan fingerprint density at radius 2 is 1.64 bits per heavy atom. The van der Waals surface area contributed by atoms with Crippen LogP contribution in [0.25, 0.3) is 0 Å². The highest BCUT2D eigenvalue weighted by atomic mass is 32.3. The van der Waals surface area contributed by atoms with Crippen molar-refractivity contribution >= 4 is 22.3 Å². The number of nitrogens with one attached hydrogen (secondary N) is 1. The molecule has 0 bridgehead atoms. The van der Waals surface area contributed by atoms with E-state index in [2.05, 4.69) is 45.5 Å². The van der Waals surface area contributed by atoms with Gasteiger partial charge in [0.2, 0.25) is 0 Å². The third-order valence-corrected chi connectivity index (χ3v) is 8.51. The molecular weight excluding hydrogens is 428 g/mol. The monoisotopic (exact) mass is 478 g/mol. The van der Waals surface area contributed by atoms with E-state index in [-0.39, 0.29) is 5.92 Å². The lowest BCUT2D eigenvalue weighted by molar-refractivity contribution is -0.107. The highest BCUT2D eigenvalue weighted by Crippen LogP contribution is 2.71. The Bertz CT molecular complexity index is 651. The number of para-hydroxylation sites is 1. The molecule has 0 aromatic heterocycles. The zero-order chi connectivity index (χ0) is 25.8. The average molecular weight is 479 g/mol. The summed E-state index contributed by atoms with van der Waals surface area (Å²) in [5.41, 5.74) is 7.27. The molecule has 3 atom stereocenters. The molecule has 0 amide bonds. The van der Waals surface area contributed by atoms with Gasteiger partial charge >= 0.3 is 0 Å². The molecule has 0 spiro atoms. The van der Waals surface area contributed by atoms with Crippen molar-refractivity contribution in [3.8, 4) is 0 Å². The molecule has 1 fully saturated rings. The average Bonchev–Trinajstić information content (AvgIpc) is 3.53. The third-order valence-electron chi connectivity index (χ3n) is 5.35. The Labute approximate surface area is 206 Å². The van der Waals surface area contributed by atoms with Crippen molar-refractivity contribution in [2.75, 3.05) is 18.6 Å². The molecule has 1 aliphatic carbocycles. The Hall–Kier alpha value is -1.82. The second kappa shape index (κ2) is 19.6. The van der Waals surface area contributed by atoms with Gasteiger partial charge in [-0.15, -0.1) is 26.3 Å². The minimum Gasteiger partial charge on any atom is -0.387 e. The van der Waals surface area contributed by atoms with Crippen LogP contribution in [0.1, 0.15) is 71.6 Å². The molecule has 5 heteroatoms. The fourth-order valence-corrected chi connectivity index (χ4v) is 5.84. The number of hydrogen-bond donors (Lipinski definition) is 3. The van der Waals surface area contributed by atoms with Crippen molar-refractivity contribution in [3.05, 3.63) is 62.7 Å². The van der Waals surface area contributed by atoms with Crippen LogP contribution >= 0.6 is 10.3 Å². The van der Waals surface area contributed by atoms with Crippen LogP contribution in [0, 0.1) is 5.92 Å². The molecule has 1 saturated carbocycles. The van der Waals surface area contributed by atoms with Gasteiger partial charge in [0, 0.05) is 30.0 Å². The molecule has 0 heterocycles. The molecule has 1 aromatic carbocycles. The first-order chi connectivity index (χ1) is 15.8. The second-order valence-corrected chi connectivity index (χ2v) is 11.1. The van der Waals surface area contributed by atoms with Crippen LogP contribution in [-0.4, -0.2) is 29.0 Å². The maximum atomic E-state index is 10.9. The van der Waals surface area contributed by atoms with E-state index in [1.165, 1.54) is 32.1 Å². The van der Waals surface area contributed by atoms with Gasteiger partial charge in [-0.25, -0.2) is 0 Å². The van der Waals surface area contributed by atoms with E-state index in [0.29, 0.717) is 0 Å². The fraction of sp³-hybridized carbons (Fsp3) is 0.536. The number of benzene rings is 1. The smallest absolute Gasteiger partial charge is 0.119 e. The van der Waals surface area contributed by atoms with E-state index in [1.807, 2.05) is 49.7 Å². The number of carbonyl (C=O) groups is 1. The normalized spacial score (nSPS) is 20.5. The van der Waals surface area contributed by atoms with Crippen molar-refractivity contribution in [1.82, 2.24) is 0 Å². The molecule has 33 heavy (non-hydrogen) atoms. The zero-order valence-electron chi connectivity index (χ0n) is 21.7. The maximum Gasteiger partial charge on any atom is 0.119 e. The van der Waals surface area contributed by atoms with Gasteiger partial charge in [0.1, 0.15) is 6.29 Å². The largest absolute Gasteiger partial charge is 0.387 e. The van der Waals surface area contributed by atoms with Crippen LogP contribution in [-0.2, 0) is 4.79 Å². The van der Waals surface area contributed by atoms with Crippen molar-refractivity contribution in [3.63, 3.8) is 0 Å². The molecular formula is C28H50N2O2S. The Morgan fingerprint density at radius 3 is 2.09 bits per heavy atom. The topological polar surface area (TPSA) is 75.3 Å². The Kier molecular flexibility index (Phi) is 19.8. The van der Waals surface area contributed by atoms with E-state index in [9.17, 15) is 9.35 Å². The molecule has 190 valence electrons. The summed E-state index contributed by atoms with van der Waals surface area (Å²) in [6.07, 6.45) is 16.7. The van der Waals surface area contributed by atoms with Crippen LogP contribution in [0.4, 0.5) is 5.69 Å². The summed E-state index contributed by atoms with van der Waals surface area (Å²) in [4.78, 5) is 10.3. The molecule has 1 aliphatic rings. The number of anilines is 1. The minimum absolute atomic E-state index is 0.220. The summed E-state index contributed by atoms with van der Waals surface area (Å²) in [6.45, 7) is 17.7. The lowest BCUT2D eigenvalue weighted by Crippen LogP contribution is -2.32. The highest BCUT2D eigenvalue weighted by molar-refractivity contribution is 8.30. The Balaban J connectivity index is 0. The van der Waals surface area contributed by atoms with Crippen molar-refractivity contribution in [2.45, 2.75) is 81.4 Å². The fourth-order valence-electron chi connectivity index (χ4n) is 3.30. The standard InChI is InChI=1S/C13H20N2OS.C10H18O.C3H8.C2H4/c1-4-10-9-13(10,14)17(3,16)12-8-6-5-7-11(12)15-2;1-2-3-4-5-6-7-8-9-10-11;1-3-2;1-2/h4-8,10,15-16H,1,9,14H2,2-3H3;2,10H,1,3-9H2;3H2,1-2H3;1-2H2.